The number of amides is 1. The molecule has 1 aliphatic rings. The number of hydrogen-bond donors (Lipinski definition) is 2. The van der Waals surface area contributed by atoms with Crippen molar-refractivity contribution in [2.24, 2.45) is 5.92 Å². The Morgan fingerprint density at radius 1 is 1.69 bits per heavy atom. The van der Waals surface area contributed by atoms with Gasteiger partial charge in [-0.2, -0.15) is 0 Å². The molecule has 0 unspecified atom stereocenters. The predicted molar refractivity (Wildman–Crippen MR) is 53.5 cm³/mol. The number of carbonyl (C=O) groups excluding carboxylic acids is 1. The average molecular weight is 243 g/mol. The maximum absolute atomic E-state index is 11.4. The van der Waals surface area contributed by atoms with Crippen LogP contribution in [0.4, 0.5) is 0 Å². The summed E-state index contributed by atoms with van der Waals surface area (Å²) in [4.78, 5) is 14.3. The molecular formula is C9H11BrN2O. The Kier molecular flexibility index (Phi) is 2.40. The first-order valence-electron chi connectivity index (χ1n) is 4.38. The van der Waals surface area contributed by atoms with E-state index in [0.717, 1.165) is 16.9 Å². The SMILES string of the molecule is O=C(NCC1CC1)c1cc(Br)c[nH]1. The van der Waals surface area contributed by atoms with Crippen LogP contribution in [0.3, 0.4) is 0 Å². The van der Waals surface area contributed by atoms with Crippen molar-refractivity contribution in [3.63, 3.8) is 0 Å². The lowest BCUT2D eigenvalue weighted by Crippen LogP contribution is -2.25. The molecule has 0 bridgehead atoms. The number of hydrogen-bond acceptors (Lipinski definition) is 1. The molecule has 3 nitrogen and oxygen atoms in total. The Morgan fingerprint density at radius 3 is 3.00 bits per heavy atom. The minimum Gasteiger partial charge on any atom is -0.356 e. The summed E-state index contributed by atoms with van der Waals surface area (Å²) in [5.74, 6) is 0.708. The zero-order chi connectivity index (χ0) is 9.26. The molecular weight excluding hydrogens is 232 g/mol. The van der Waals surface area contributed by atoms with Crippen LogP contribution in [-0.2, 0) is 0 Å². The molecule has 1 aromatic heterocycles. The number of H-pyrrole nitrogens is 1. The normalized spacial score (nSPS) is 15.8. The van der Waals surface area contributed by atoms with Gasteiger partial charge in [0.25, 0.3) is 5.91 Å². The quantitative estimate of drug-likeness (QED) is 0.836. The smallest absolute Gasteiger partial charge is 0.267 e. The maximum atomic E-state index is 11.4. The second-order valence-electron chi connectivity index (χ2n) is 3.38. The minimum atomic E-state index is -0.0161. The van der Waals surface area contributed by atoms with Crippen LogP contribution in [0.5, 0.6) is 0 Å². The molecule has 2 rings (SSSR count). The highest BCUT2D eigenvalue weighted by Gasteiger charge is 2.21. The molecule has 2 N–H and O–H groups in total. The van der Waals surface area contributed by atoms with Gasteiger partial charge in [-0.05, 0) is 40.8 Å². The molecule has 1 aliphatic carbocycles. The van der Waals surface area contributed by atoms with Crippen LogP contribution in [0.2, 0.25) is 0 Å². The zero-order valence-corrected chi connectivity index (χ0v) is 8.73. The van der Waals surface area contributed by atoms with Crippen LogP contribution in [0.1, 0.15) is 23.3 Å². The van der Waals surface area contributed by atoms with Crippen molar-refractivity contribution in [1.82, 2.24) is 10.3 Å². The molecule has 1 fully saturated rings. The largest absolute Gasteiger partial charge is 0.356 e. The lowest BCUT2D eigenvalue weighted by atomic mass is 10.3. The first kappa shape index (κ1) is 8.81. The number of carbonyl (C=O) groups is 1. The molecule has 0 aromatic carbocycles. The molecule has 0 spiro atoms. The highest BCUT2D eigenvalue weighted by Crippen LogP contribution is 2.27. The van der Waals surface area contributed by atoms with Gasteiger partial charge in [0, 0.05) is 17.2 Å². The zero-order valence-electron chi connectivity index (χ0n) is 7.14. The molecule has 1 heterocycles. The van der Waals surface area contributed by atoms with Gasteiger partial charge in [-0.3, -0.25) is 4.79 Å². The predicted octanol–water partition coefficient (Wildman–Crippen LogP) is 1.92. The topological polar surface area (TPSA) is 44.9 Å². The number of aromatic amines is 1. The third-order valence-corrected chi connectivity index (χ3v) is 2.60. The Balaban J connectivity index is 1.88. The maximum Gasteiger partial charge on any atom is 0.267 e. The minimum absolute atomic E-state index is 0.0161. The fourth-order valence-electron chi connectivity index (χ4n) is 1.15. The average Bonchev–Trinajstić information content (AvgIpc) is 2.84. The number of rotatable bonds is 3. The van der Waals surface area contributed by atoms with Crippen molar-refractivity contribution in [3.05, 3.63) is 22.4 Å². The van der Waals surface area contributed by atoms with Crippen LogP contribution in [0.25, 0.3) is 0 Å². The monoisotopic (exact) mass is 242 g/mol. The van der Waals surface area contributed by atoms with E-state index in [1.807, 2.05) is 0 Å². The standard InChI is InChI=1S/C9H11BrN2O/c10-7-3-8(11-5-7)9(13)12-4-6-1-2-6/h3,5-6,11H,1-2,4H2,(H,12,13). The van der Waals surface area contributed by atoms with Crippen LogP contribution in [0, 0.1) is 5.92 Å². The summed E-state index contributed by atoms with van der Waals surface area (Å²) < 4.78 is 0.907. The van der Waals surface area contributed by atoms with Crippen molar-refractivity contribution in [2.45, 2.75) is 12.8 Å². The van der Waals surface area contributed by atoms with Crippen molar-refractivity contribution >= 4 is 21.8 Å². The highest BCUT2D eigenvalue weighted by molar-refractivity contribution is 9.10. The van der Waals surface area contributed by atoms with E-state index in [0.29, 0.717) is 5.69 Å². The van der Waals surface area contributed by atoms with Gasteiger partial charge < -0.3 is 10.3 Å². The summed E-state index contributed by atoms with van der Waals surface area (Å²) >= 11 is 3.28. The Labute approximate surface area is 85.0 Å². The van der Waals surface area contributed by atoms with E-state index < -0.39 is 0 Å². The van der Waals surface area contributed by atoms with Crippen molar-refractivity contribution in [3.8, 4) is 0 Å². The molecule has 0 aliphatic heterocycles. The molecule has 70 valence electrons. The summed E-state index contributed by atoms with van der Waals surface area (Å²) in [6, 6.07) is 1.78. The third-order valence-electron chi connectivity index (χ3n) is 2.14. The van der Waals surface area contributed by atoms with Crippen LogP contribution in [0.15, 0.2) is 16.7 Å². The second kappa shape index (κ2) is 3.54. The first-order chi connectivity index (χ1) is 6.25. The van der Waals surface area contributed by atoms with Crippen molar-refractivity contribution in [2.75, 3.05) is 6.54 Å². The van der Waals surface area contributed by atoms with Crippen molar-refractivity contribution < 1.29 is 4.79 Å². The summed E-state index contributed by atoms with van der Waals surface area (Å²) in [7, 11) is 0. The molecule has 0 radical (unpaired) electrons. The Hall–Kier alpha value is -0.770. The van der Waals surface area contributed by atoms with E-state index in [1.54, 1.807) is 12.3 Å². The van der Waals surface area contributed by atoms with Gasteiger partial charge in [-0.15, -0.1) is 0 Å². The van der Waals surface area contributed by atoms with Crippen LogP contribution in [-0.4, -0.2) is 17.4 Å². The summed E-state index contributed by atoms with van der Waals surface area (Å²) in [6.07, 6.45) is 4.27. The molecule has 4 heteroatoms. The van der Waals surface area contributed by atoms with Gasteiger partial charge in [0.2, 0.25) is 0 Å². The molecule has 13 heavy (non-hydrogen) atoms. The molecule has 1 saturated carbocycles. The lowest BCUT2D eigenvalue weighted by molar-refractivity contribution is 0.0947. The van der Waals surface area contributed by atoms with Gasteiger partial charge in [-0.25, -0.2) is 0 Å². The Bertz CT molecular complexity index is 317. The molecule has 1 amide bonds. The van der Waals surface area contributed by atoms with E-state index in [-0.39, 0.29) is 5.91 Å². The van der Waals surface area contributed by atoms with E-state index in [9.17, 15) is 4.79 Å². The van der Waals surface area contributed by atoms with Crippen molar-refractivity contribution in [1.29, 1.82) is 0 Å². The molecule has 0 saturated heterocycles. The highest BCUT2D eigenvalue weighted by atomic mass is 79.9. The number of nitrogens with one attached hydrogen (secondary N) is 2. The number of halogens is 1. The van der Waals surface area contributed by atoms with E-state index >= 15 is 0 Å². The van der Waals surface area contributed by atoms with Gasteiger partial charge in [0.15, 0.2) is 0 Å². The van der Waals surface area contributed by atoms with Crippen LogP contribution < -0.4 is 5.32 Å². The van der Waals surface area contributed by atoms with E-state index in [1.165, 1.54) is 12.8 Å². The summed E-state index contributed by atoms with van der Waals surface area (Å²) in [5, 5.41) is 2.88. The fraction of sp³-hybridized carbons (Fsp3) is 0.444. The van der Waals surface area contributed by atoms with Gasteiger partial charge in [0.1, 0.15) is 5.69 Å². The Morgan fingerprint density at radius 2 is 2.46 bits per heavy atom. The lowest BCUT2D eigenvalue weighted by Gasteiger charge is -2.00. The number of aromatic nitrogens is 1. The second-order valence-corrected chi connectivity index (χ2v) is 4.30. The van der Waals surface area contributed by atoms with E-state index in [2.05, 4.69) is 26.2 Å². The van der Waals surface area contributed by atoms with Crippen LogP contribution >= 0.6 is 15.9 Å². The first-order valence-corrected chi connectivity index (χ1v) is 5.17. The summed E-state index contributed by atoms with van der Waals surface area (Å²) in [6.45, 7) is 0.815. The van der Waals surface area contributed by atoms with Gasteiger partial charge in [0.05, 0.1) is 0 Å². The third kappa shape index (κ3) is 2.34. The fourth-order valence-corrected chi connectivity index (χ4v) is 1.50. The molecule has 0 atom stereocenters. The molecule has 1 aromatic rings. The van der Waals surface area contributed by atoms with Gasteiger partial charge in [-0.1, -0.05) is 0 Å². The van der Waals surface area contributed by atoms with E-state index in [4.69, 9.17) is 0 Å². The summed E-state index contributed by atoms with van der Waals surface area (Å²) in [5.41, 5.74) is 0.618. The van der Waals surface area contributed by atoms with Gasteiger partial charge >= 0.3 is 0 Å².